The first-order valence-corrected chi connectivity index (χ1v) is 8.71. The zero-order chi connectivity index (χ0) is 20.6. The summed E-state index contributed by atoms with van der Waals surface area (Å²) in [4.78, 5) is 36.6. The van der Waals surface area contributed by atoms with Crippen LogP contribution < -0.4 is 10.6 Å². The first-order valence-electron chi connectivity index (χ1n) is 8.71. The van der Waals surface area contributed by atoms with Crippen LogP contribution in [0.5, 0.6) is 0 Å². The van der Waals surface area contributed by atoms with Crippen molar-refractivity contribution in [2.45, 2.75) is 0 Å². The van der Waals surface area contributed by atoms with E-state index in [0.29, 0.717) is 11.3 Å². The second kappa shape index (κ2) is 9.27. The second-order valence-corrected chi connectivity index (χ2v) is 6.00. The minimum Gasteiger partial charge on any atom is -0.452 e. The van der Waals surface area contributed by atoms with E-state index in [0.717, 1.165) is 0 Å². The normalized spacial score (nSPS) is 10.1. The molecule has 0 spiro atoms. The Balaban J connectivity index is 1.61. The third-order valence-corrected chi connectivity index (χ3v) is 3.89. The molecule has 3 aromatic rings. The number of anilines is 2. The van der Waals surface area contributed by atoms with E-state index in [1.165, 1.54) is 30.3 Å². The Morgan fingerprint density at radius 1 is 0.793 bits per heavy atom. The molecule has 0 fully saturated rings. The molecule has 0 saturated carbocycles. The van der Waals surface area contributed by atoms with E-state index in [4.69, 9.17) is 4.74 Å². The maximum atomic E-state index is 12.9. The number of rotatable bonds is 6. The lowest BCUT2D eigenvalue weighted by Gasteiger charge is -2.11. The van der Waals surface area contributed by atoms with Gasteiger partial charge in [-0.1, -0.05) is 30.3 Å². The van der Waals surface area contributed by atoms with Crippen molar-refractivity contribution in [1.29, 1.82) is 0 Å². The molecule has 0 heterocycles. The lowest BCUT2D eigenvalue weighted by molar-refractivity contribution is -0.119. The number of esters is 1. The van der Waals surface area contributed by atoms with Gasteiger partial charge in [0.25, 0.3) is 11.8 Å². The Bertz CT molecular complexity index is 1020. The number of para-hydroxylation sites is 1. The molecule has 0 bridgehead atoms. The lowest BCUT2D eigenvalue weighted by Crippen LogP contribution is -2.22. The molecular formula is C22H17FN2O4. The lowest BCUT2D eigenvalue weighted by atomic mass is 10.1. The van der Waals surface area contributed by atoms with Crippen molar-refractivity contribution >= 4 is 29.2 Å². The second-order valence-electron chi connectivity index (χ2n) is 6.00. The highest BCUT2D eigenvalue weighted by molar-refractivity contribution is 6.08. The first-order chi connectivity index (χ1) is 14.0. The number of amides is 2. The highest BCUT2D eigenvalue weighted by atomic mass is 19.1. The fraction of sp³-hybridized carbons (Fsp3) is 0.0455. The van der Waals surface area contributed by atoms with Gasteiger partial charge in [0.05, 0.1) is 11.3 Å². The first kappa shape index (κ1) is 19.8. The topological polar surface area (TPSA) is 84.5 Å². The molecule has 6 nitrogen and oxygen atoms in total. The molecule has 0 aliphatic carbocycles. The van der Waals surface area contributed by atoms with Crippen LogP contribution in [0.2, 0.25) is 0 Å². The van der Waals surface area contributed by atoms with Gasteiger partial charge in [0, 0.05) is 11.3 Å². The summed E-state index contributed by atoms with van der Waals surface area (Å²) in [5, 5.41) is 5.16. The molecule has 0 saturated heterocycles. The molecular weight excluding hydrogens is 375 g/mol. The number of hydrogen-bond donors (Lipinski definition) is 2. The van der Waals surface area contributed by atoms with Crippen LogP contribution in [-0.2, 0) is 9.53 Å². The number of carbonyl (C=O) groups is 3. The number of carbonyl (C=O) groups excluding carboxylic acids is 3. The van der Waals surface area contributed by atoms with E-state index in [1.807, 2.05) is 0 Å². The van der Waals surface area contributed by atoms with Crippen LogP contribution in [0, 0.1) is 5.82 Å². The van der Waals surface area contributed by atoms with Crippen molar-refractivity contribution in [3.8, 4) is 0 Å². The summed E-state index contributed by atoms with van der Waals surface area (Å²) in [7, 11) is 0. The number of nitrogens with one attached hydrogen (secondary N) is 2. The van der Waals surface area contributed by atoms with E-state index in [2.05, 4.69) is 10.6 Å². The van der Waals surface area contributed by atoms with Gasteiger partial charge in [0.15, 0.2) is 6.61 Å². The van der Waals surface area contributed by atoms with Crippen LogP contribution in [-0.4, -0.2) is 24.4 Å². The highest BCUT2D eigenvalue weighted by Gasteiger charge is 2.16. The molecule has 0 aliphatic rings. The largest absolute Gasteiger partial charge is 0.452 e. The monoisotopic (exact) mass is 392 g/mol. The summed E-state index contributed by atoms with van der Waals surface area (Å²) in [5.74, 6) is -2.14. The standard InChI is InChI=1S/C22H17FN2O4/c23-16-10-12-17(13-11-16)24-20(26)14-29-22(28)18-8-4-5-9-19(18)25-21(27)15-6-2-1-3-7-15/h1-13H,14H2,(H,24,26)(H,25,27). The van der Waals surface area contributed by atoms with Crippen molar-refractivity contribution in [3.63, 3.8) is 0 Å². The van der Waals surface area contributed by atoms with E-state index < -0.39 is 24.3 Å². The molecule has 0 aromatic heterocycles. The van der Waals surface area contributed by atoms with Crippen molar-refractivity contribution in [2.24, 2.45) is 0 Å². The van der Waals surface area contributed by atoms with Crippen LogP contribution in [0.3, 0.4) is 0 Å². The van der Waals surface area contributed by atoms with Crippen molar-refractivity contribution in [1.82, 2.24) is 0 Å². The maximum Gasteiger partial charge on any atom is 0.340 e. The van der Waals surface area contributed by atoms with Crippen LogP contribution in [0.15, 0.2) is 78.9 Å². The Kier molecular flexibility index (Phi) is 6.32. The van der Waals surface area contributed by atoms with Crippen LogP contribution in [0.1, 0.15) is 20.7 Å². The third kappa shape index (κ3) is 5.49. The van der Waals surface area contributed by atoms with Gasteiger partial charge in [-0.25, -0.2) is 9.18 Å². The number of hydrogen-bond acceptors (Lipinski definition) is 4. The number of halogens is 1. The quantitative estimate of drug-likeness (QED) is 0.624. The zero-order valence-corrected chi connectivity index (χ0v) is 15.2. The molecule has 0 radical (unpaired) electrons. The van der Waals surface area contributed by atoms with Gasteiger partial charge in [-0.15, -0.1) is 0 Å². The van der Waals surface area contributed by atoms with E-state index in [-0.39, 0.29) is 17.2 Å². The zero-order valence-electron chi connectivity index (χ0n) is 15.2. The van der Waals surface area contributed by atoms with Crippen molar-refractivity contribution < 1.29 is 23.5 Å². The Hall–Kier alpha value is -4.00. The van der Waals surface area contributed by atoms with Gasteiger partial charge in [-0.3, -0.25) is 9.59 Å². The van der Waals surface area contributed by atoms with Crippen molar-refractivity contribution in [3.05, 3.63) is 95.8 Å². The van der Waals surface area contributed by atoms with Gasteiger partial charge >= 0.3 is 5.97 Å². The fourth-order valence-corrected chi connectivity index (χ4v) is 2.49. The number of benzene rings is 3. The van der Waals surface area contributed by atoms with Crippen LogP contribution >= 0.6 is 0 Å². The SMILES string of the molecule is O=C(COC(=O)c1ccccc1NC(=O)c1ccccc1)Nc1ccc(F)cc1. The minimum atomic E-state index is -0.761. The average Bonchev–Trinajstić information content (AvgIpc) is 2.74. The van der Waals surface area contributed by atoms with Gasteiger partial charge in [0.1, 0.15) is 5.82 Å². The van der Waals surface area contributed by atoms with Gasteiger partial charge in [0.2, 0.25) is 0 Å². The molecule has 146 valence electrons. The Morgan fingerprint density at radius 3 is 2.17 bits per heavy atom. The van der Waals surface area contributed by atoms with Gasteiger partial charge in [-0.05, 0) is 48.5 Å². The molecule has 0 atom stereocenters. The van der Waals surface area contributed by atoms with E-state index in [9.17, 15) is 18.8 Å². The highest BCUT2D eigenvalue weighted by Crippen LogP contribution is 2.17. The Labute approximate surface area is 166 Å². The minimum absolute atomic E-state index is 0.117. The van der Waals surface area contributed by atoms with Crippen molar-refractivity contribution in [2.75, 3.05) is 17.2 Å². The molecule has 2 N–H and O–H groups in total. The molecule has 0 aliphatic heterocycles. The summed E-state index contributed by atoms with van der Waals surface area (Å²) in [6, 6.07) is 20.1. The average molecular weight is 392 g/mol. The smallest absolute Gasteiger partial charge is 0.340 e. The summed E-state index contributed by atoms with van der Waals surface area (Å²) in [6.07, 6.45) is 0. The summed E-state index contributed by atoms with van der Waals surface area (Å²) in [5.41, 5.74) is 1.20. The van der Waals surface area contributed by atoms with E-state index in [1.54, 1.807) is 48.5 Å². The molecule has 3 rings (SSSR count). The molecule has 29 heavy (non-hydrogen) atoms. The number of ether oxygens (including phenoxy) is 1. The summed E-state index contributed by atoms with van der Waals surface area (Å²) in [6.45, 7) is -0.531. The van der Waals surface area contributed by atoms with Gasteiger partial charge < -0.3 is 15.4 Å². The molecule has 7 heteroatoms. The Morgan fingerprint density at radius 2 is 1.45 bits per heavy atom. The third-order valence-electron chi connectivity index (χ3n) is 3.89. The maximum absolute atomic E-state index is 12.9. The van der Waals surface area contributed by atoms with Crippen LogP contribution in [0.4, 0.5) is 15.8 Å². The predicted molar refractivity (Wildman–Crippen MR) is 106 cm³/mol. The molecule has 2 amide bonds. The predicted octanol–water partition coefficient (Wildman–Crippen LogP) is 3.87. The van der Waals surface area contributed by atoms with Gasteiger partial charge in [-0.2, -0.15) is 0 Å². The summed E-state index contributed by atoms with van der Waals surface area (Å²) < 4.78 is 17.9. The van der Waals surface area contributed by atoms with Crippen LogP contribution in [0.25, 0.3) is 0 Å². The molecule has 0 unspecified atom stereocenters. The molecule has 3 aromatic carbocycles. The fourth-order valence-electron chi connectivity index (χ4n) is 2.49. The summed E-state index contributed by atoms with van der Waals surface area (Å²) >= 11 is 0. The van der Waals surface area contributed by atoms with E-state index >= 15 is 0 Å².